The monoisotopic (exact) mass is 432 g/mol. The summed E-state index contributed by atoms with van der Waals surface area (Å²) in [5.41, 5.74) is -0.399. The van der Waals surface area contributed by atoms with Gasteiger partial charge in [0, 0.05) is 12.0 Å². The molecule has 5 rings (SSSR count). The third kappa shape index (κ3) is 5.41. The molecule has 7 heteroatoms. The summed E-state index contributed by atoms with van der Waals surface area (Å²) in [7, 11) is 0. The highest BCUT2D eigenvalue weighted by molar-refractivity contribution is 5.85. The van der Waals surface area contributed by atoms with Gasteiger partial charge in [-0.25, -0.2) is 0 Å². The molecule has 2 amide bonds. The van der Waals surface area contributed by atoms with Crippen molar-refractivity contribution in [3.05, 3.63) is 35.4 Å². The summed E-state index contributed by atoms with van der Waals surface area (Å²) in [4.78, 5) is 24.4. The lowest BCUT2D eigenvalue weighted by atomic mass is 9.49. The highest BCUT2D eigenvalue weighted by Gasteiger charge is 2.51. The first kappa shape index (κ1) is 21.7. The van der Waals surface area contributed by atoms with E-state index in [-0.39, 0.29) is 35.9 Å². The molecule has 1 aromatic carbocycles. The molecule has 0 atom stereocenters. The van der Waals surface area contributed by atoms with Gasteiger partial charge in [-0.1, -0.05) is 17.9 Å². The number of hydrogen-bond acceptors (Lipinski definition) is 2. The van der Waals surface area contributed by atoms with Crippen LogP contribution in [-0.2, 0) is 15.8 Å². The minimum Gasteiger partial charge on any atom is -0.347 e. The molecule has 0 radical (unpaired) electrons. The van der Waals surface area contributed by atoms with Crippen molar-refractivity contribution >= 4 is 11.8 Å². The van der Waals surface area contributed by atoms with E-state index in [1.807, 2.05) is 0 Å². The Bertz CT molecular complexity index is 878. The molecule has 0 aliphatic heterocycles. The van der Waals surface area contributed by atoms with Crippen molar-refractivity contribution in [2.45, 2.75) is 51.1 Å². The zero-order valence-corrected chi connectivity index (χ0v) is 17.4. The van der Waals surface area contributed by atoms with Crippen molar-refractivity contribution in [1.29, 1.82) is 0 Å². The molecule has 0 saturated heterocycles. The summed E-state index contributed by atoms with van der Waals surface area (Å²) in [6.07, 6.45) is 3.48. The van der Waals surface area contributed by atoms with Crippen LogP contribution in [0.25, 0.3) is 0 Å². The van der Waals surface area contributed by atoms with E-state index in [4.69, 9.17) is 0 Å². The summed E-state index contributed by atoms with van der Waals surface area (Å²) in [5, 5.41) is 5.28. The van der Waals surface area contributed by atoms with Crippen molar-refractivity contribution in [1.82, 2.24) is 10.6 Å². The van der Waals surface area contributed by atoms with E-state index in [0.717, 1.165) is 49.1 Å². The lowest BCUT2D eigenvalue weighted by Crippen LogP contribution is -2.48. The number of nitrogens with one attached hydrogen (secondary N) is 2. The Balaban J connectivity index is 1.19. The van der Waals surface area contributed by atoms with E-state index in [2.05, 4.69) is 22.5 Å². The van der Waals surface area contributed by atoms with E-state index >= 15 is 0 Å². The van der Waals surface area contributed by atoms with E-state index in [9.17, 15) is 22.8 Å². The minimum atomic E-state index is -4.42. The molecule has 31 heavy (non-hydrogen) atoms. The van der Waals surface area contributed by atoms with Crippen molar-refractivity contribution < 1.29 is 22.8 Å². The number of hydrogen-bond donors (Lipinski definition) is 2. The van der Waals surface area contributed by atoms with E-state index < -0.39 is 11.7 Å². The summed E-state index contributed by atoms with van der Waals surface area (Å²) < 4.78 is 38.1. The van der Waals surface area contributed by atoms with Gasteiger partial charge in [0.1, 0.15) is 0 Å². The van der Waals surface area contributed by atoms with Gasteiger partial charge in [0.25, 0.3) is 0 Å². The minimum absolute atomic E-state index is 0.0000726. The number of carbonyl (C=O) groups excluding carboxylic acids is 2. The molecule has 4 nitrogen and oxygen atoms in total. The second kappa shape index (κ2) is 8.57. The largest absolute Gasteiger partial charge is 0.416 e. The number of benzene rings is 1. The highest BCUT2D eigenvalue weighted by Crippen LogP contribution is 2.61. The fraction of sp³-hybridized carbons (Fsp3) is 0.583. The normalized spacial score (nSPS) is 28.5. The summed E-state index contributed by atoms with van der Waals surface area (Å²) in [5.74, 6) is 7.14. The quantitative estimate of drug-likeness (QED) is 0.694. The average molecular weight is 432 g/mol. The number of alkyl halides is 3. The molecular weight excluding hydrogens is 405 g/mol. The fourth-order valence-electron chi connectivity index (χ4n) is 6.21. The Kier molecular flexibility index (Phi) is 6.00. The Morgan fingerprint density at radius 1 is 1.00 bits per heavy atom. The lowest BCUT2D eigenvalue weighted by Gasteiger charge is -2.56. The molecular formula is C24H27F3N2O2. The van der Waals surface area contributed by atoms with Crippen LogP contribution in [-0.4, -0.2) is 24.9 Å². The maximum absolute atomic E-state index is 12.7. The smallest absolute Gasteiger partial charge is 0.347 e. The van der Waals surface area contributed by atoms with Gasteiger partial charge in [-0.3, -0.25) is 9.59 Å². The van der Waals surface area contributed by atoms with Crippen LogP contribution in [0.3, 0.4) is 0 Å². The van der Waals surface area contributed by atoms with Crippen LogP contribution < -0.4 is 10.6 Å². The third-order valence-corrected chi connectivity index (χ3v) is 6.94. The molecule has 2 N–H and O–H groups in total. The van der Waals surface area contributed by atoms with Gasteiger partial charge in [-0.2, -0.15) is 13.2 Å². The molecule has 0 spiro atoms. The van der Waals surface area contributed by atoms with Crippen LogP contribution in [0, 0.1) is 35.0 Å². The van der Waals surface area contributed by atoms with E-state index in [1.54, 1.807) is 0 Å². The van der Waals surface area contributed by atoms with Crippen molar-refractivity contribution in [3.8, 4) is 11.8 Å². The molecule has 0 aromatic heterocycles. The molecule has 0 unspecified atom stereocenters. The first-order valence-corrected chi connectivity index (χ1v) is 10.9. The molecule has 166 valence electrons. The summed E-state index contributed by atoms with van der Waals surface area (Å²) >= 11 is 0. The van der Waals surface area contributed by atoms with E-state index in [0.29, 0.717) is 6.42 Å². The van der Waals surface area contributed by atoms with Crippen LogP contribution in [0.2, 0.25) is 0 Å². The fourth-order valence-corrected chi connectivity index (χ4v) is 6.21. The van der Waals surface area contributed by atoms with Gasteiger partial charge in [-0.15, -0.1) is 0 Å². The van der Waals surface area contributed by atoms with Crippen LogP contribution in [0.1, 0.15) is 56.1 Å². The number of amides is 2. The Morgan fingerprint density at radius 2 is 1.65 bits per heavy atom. The van der Waals surface area contributed by atoms with Gasteiger partial charge in [-0.05, 0) is 79.9 Å². The van der Waals surface area contributed by atoms with Gasteiger partial charge >= 0.3 is 6.18 Å². The summed E-state index contributed by atoms with van der Waals surface area (Å²) in [6.45, 7) is -0.115. The van der Waals surface area contributed by atoms with E-state index in [1.165, 1.54) is 31.4 Å². The molecule has 1 aromatic rings. The molecule has 4 saturated carbocycles. The molecule has 4 fully saturated rings. The van der Waals surface area contributed by atoms with Crippen LogP contribution in [0.5, 0.6) is 0 Å². The molecule has 4 bridgehead atoms. The van der Waals surface area contributed by atoms with Gasteiger partial charge in [0.05, 0.1) is 18.7 Å². The number of carbonyl (C=O) groups is 2. The van der Waals surface area contributed by atoms with Crippen molar-refractivity contribution in [3.63, 3.8) is 0 Å². The second-order valence-corrected chi connectivity index (χ2v) is 9.53. The van der Waals surface area contributed by atoms with Crippen molar-refractivity contribution in [2.24, 2.45) is 23.2 Å². The highest BCUT2D eigenvalue weighted by atomic mass is 19.4. The second-order valence-electron chi connectivity index (χ2n) is 9.53. The SMILES string of the molecule is O=C(CNC(=O)CC12CC3CC(CC(C3)C1)C2)NCC#Cc1cccc(C(F)(F)F)c1. The Hall–Kier alpha value is -2.49. The molecule has 4 aliphatic rings. The van der Waals surface area contributed by atoms with Crippen molar-refractivity contribution in [2.75, 3.05) is 13.1 Å². The van der Waals surface area contributed by atoms with Crippen LogP contribution in [0.15, 0.2) is 24.3 Å². The third-order valence-electron chi connectivity index (χ3n) is 6.94. The number of halogens is 3. The molecule has 4 aliphatic carbocycles. The standard InChI is InChI=1S/C24H27F3N2O2/c25-24(26,27)20-5-1-3-16(10-20)4-2-6-28-22(31)15-29-21(30)14-23-11-17-7-18(12-23)9-19(8-17)13-23/h1,3,5,10,17-19H,6-9,11-15H2,(H,28,31)(H,29,30). The Morgan fingerprint density at radius 3 is 2.26 bits per heavy atom. The predicted molar refractivity (Wildman–Crippen MR) is 110 cm³/mol. The van der Waals surface area contributed by atoms with Gasteiger partial charge in [0.2, 0.25) is 11.8 Å². The lowest BCUT2D eigenvalue weighted by molar-refractivity contribution is -0.137. The predicted octanol–water partition coefficient (Wildman–Crippen LogP) is 3.90. The topological polar surface area (TPSA) is 58.2 Å². The molecule has 0 heterocycles. The zero-order valence-electron chi connectivity index (χ0n) is 17.4. The first-order valence-electron chi connectivity index (χ1n) is 10.9. The Labute approximate surface area is 180 Å². The van der Waals surface area contributed by atoms with Crippen LogP contribution in [0.4, 0.5) is 13.2 Å². The van der Waals surface area contributed by atoms with Gasteiger partial charge in [0.15, 0.2) is 0 Å². The maximum Gasteiger partial charge on any atom is 0.416 e. The maximum atomic E-state index is 12.7. The zero-order chi connectivity index (χ0) is 22.1. The summed E-state index contributed by atoms with van der Waals surface area (Å²) in [6, 6.07) is 4.73. The average Bonchev–Trinajstić information content (AvgIpc) is 2.68. The van der Waals surface area contributed by atoms with Gasteiger partial charge < -0.3 is 10.6 Å². The first-order chi connectivity index (χ1) is 14.7. The number of rotatable bonds is 5. The van der Waals surface area contributed by atoms with Crippen LogP contribution >= 0.6 is 0 Å².